The molecule has 2 fully saturated rings. The molecule has 0 bridgehead atoms. The minimum Gasteiger partial charge on any atom is -0.465 e. The van der Waals surface area contributed by atoms with Gasteiger partial charge in [0.1, 0.15) is 11.7 Å². The van der Waals surface area contributed by atoms with Gasteiger partial charge in [0.15, 0.2) is 6.29 Å². The molecular weight excluding hydrogens is 594 g/mol. The highest BCUT2D eigenvalue weighted by Crippen LogP contribution is 2.32. The number of hydrogen-bond donors (Lipinski definition) is 1. The monoisotopic (exact) mass is 670 g/mol. The summed E-state index contributed by atoms with van der Waals surface area (Å²) in [6.07, 6.45) is 6.60. The Hall–Kier alpha value is -1.55. The van der Waals surface area contributed by atoms with Crippen molar-refractivity contribution in [3.8, 4) is 0 Å². The second kappa shape index (κ2) is 24.6. The standard InChI is InChI=1S/C29H55N3O4.C7H14O2.C2H6/c1-9-12-25-26(33)13-14-29(5,6)19-24(4)21-30(7)16-17-32(15-10-11-18-36-28(25)35)27(34)22-31(8)20-23(2)3;1-5-3-6(2)9-7(8)4-5;1-2/h23-25H,9-22H2,1-8H3;5-8H,3-4H2,1-2H3;1-2H3/t24-,25?;5-,6+,7+;/m10./s1. The van der Waals surface area contributed by atoms with Crippen molar-refractivity contribution in [1.82, 2.24) is 14.7 Å². The van der Waals surface area contributed by atoms with Gasteiger partial charge in [-0.15, -0.1) is 0 Å². The Morgan fingerprint density at radius 1 is 1.04 bits per heavy atom. The van der Waals surface area contributed by atoms with E-state index in [1.54, 1.807) is 0 Å². The van der Waals surface area contributed by atoms with Crippen LogP contribution in [0.2, 0.25) is 0 Å². The predicted octanol–water partition coefficient (Wildman–Crippen LogP) is 6.66. The van der Waals surface area contributed by atoms with Crippen LogP contribution < -0.4 is 0 Å². The maximum Gasteiger partial charge on any atom is 0.316 e. The van der Waals surface area contributed by atoms with Crippen LogP contribution in [0.4, 0.5) is 0 Å². The van der Waals surface area contributed by atoms with Crippen LogP contribution in [-0.2, 0) is 23.9 Å². The molecule has 9 nitrogen and oxygen atoms in total. The van der Waals surface area contributed by atoms with Crippen molar-refractivity contribution in [1.29, 1.82) is 0 Å². The van der Waals surface area contributed by atoms with Gasteiger partial charge in [-0.3, -0.25) is 19.3 Å². The zero-order chi connectivity index (χ0) is 36.2. The highest BCUT2D eigenvalue weighted by Gasteiger charge is 2.30. The summed E-state index contributed by atoms with van der Waals surface area (Å²) in [6.45, 7) is 25.9. The number of amides is 1. The van der Waals surface area contributed by atoms with Crippen LogP contribution in [0.5, 0.6) is 0 Å². The molecule has 2 aliphatic heterocycles. The zero-order valence-electron chi connectivity index (χ0n) is 32.6. The fourth-order valence-corrected chi connectivity index (χ4v) is 6.80. The van der Waals surface area contributed by atoms with Crippen LogP contribution in [0.3, 0.4) is 0 Å². The molecule has 0 saturated carbocycles. The Morgan fingerprint density at radius 2 is 1.70 bits per heavy atom. The number of ketones is 1. The molecule has 2 aliphatic rings. The highest BCUT2D eigenvalue weighted by atomic mass is 16.6. The maximum atomic E-state index is 13.1. The molecule has 1 amide bonds. The van der Waals surface area contributed by atoms with Crippen molar-refractivity contribution in [3.05, 3.63) is 0 Å². The summed E-state index contributed by atoms with van der Waals surface area (Å²) in [4.78, 5) is 45.2. The number of rotatable bonds is 6. The van der Waals surface area contributed by atoms with E-state index in [4.69, 9.17) is 14.6 Å². The summed E-state index contributed by atoms with van der Waals surface area (Å²) in [7, 11) is 4.14. The van der Waals surface area contributed by atoms with Crippen LogP contribution >= 0.6 is 0 Å². The lowest BCUT2D eigenvalue weighted by Gasteiger charge is -2.32. The molecule has 2 saturated heterocycles. The fourth-order valence-electron chi connectivity index (χ4n) is 6.80. The normalized spacial score (nSPS) is 27.5. The van der Waals surface area contributed by atoms with E-state index >= 15 is 0 Å². The number of aliphatic hydroxyl groups is 1. The molecule has 1 N–H and O–H groups in total. The Labute approximate surface area is 289 Å². The summed E-state index contributed by atoms with van der Waals surface area (Å²) in [6, 6.07) is 0. The molecule has 5 atom stereocenters. The van der Waals surface area contributed by atoms with E-state index in [0.29, 0.717) is 63.3 Å². The molecule has 0 radical (unpaired) electrons. The number of likely N-dealkylation sites (N-methyl/N-ethyl adjacent to an activating group) is 2. The van der Waals surface area contributed by atoms with E-state index in [1.165, 1.54) is 0 Å². The third-order valence-electron chi connectivity index (χ3n) is 8.80. The number of nitrogens with zero attached hydrogens (tertiary/aromatic N) is 3. The molecule has 9 heteroatoms. The van der Waals surface area contributed by atoms with Crippen LogP contribution in [0.25, 0.3) is 0 Å². The first-order valence-corrected chi connectivity index (χ1v) is 18.7. The summed E-state index contributed by atoms with van der Waals surface area (Å²) in [5.74, 6) is 0.740. The molecule has 47 heavy (non-hydrogen) atoms. The van der Waals surface area contributed by atoms with Gasteiger partial charge in [-0.2, -0.15) is 0 Å². The Kier molecular flexibility index (Phi) is 23.8. The molecule has 0 aromatic rings. The fraction of sp³-hybridized carbons (Fsp3) is 0.921. The molecule has 1 unspecified atom stereocenters. The van der Waals surface area contributed by atoms with Gasteiger partial charge in [-0.1, -0.05) is 68.7 Å². The van der Waals surface area contributed by atoms with E-state index in [1.807, 2.05) is 39.6 Å². The van der Waals surface area contributed by atoms with Crippen LogP contribution in [0.1, 0.15) is 127 Å². The van der Waals surface area contributed by atoms with Crippen LogP contribution in [0, 0.1) is 29.1 Å². The Balaban J connectivity index is 0.00000162. The van der Waals surface area contributed by atoms with Crippen molar-refractivity contribution in [2.24, 2.45) is 29.1 Å². The number of Topliss-reactive ketones (excluding diaryl/α,β-unsaturated/α-hetero) is 1. The van der Waals surface area contributed by atoms with Crippen molar-refractivity contribution in [2.75, 3.05) is 60.0 Å². The molecular formula is C38H75N3O6. The second-order valence-electron chi connectivity index (χ2n) is 15.4. The van der Waals surface area contributed by atoms with Crippen molar-refractivity contribution in [3.63, 3.8) is 0 Å². The molecule has 2 heterocycles. The molecule has 0 aromatic heterocycles. The van der Waals surface area contributed by atoms with Gasteiger partial charge in [0.25, 0.3) is 0 Å². The molecule has 0 aromatic carbocycles. The molecule has 0 aliphatic carbocycles. The topological polar surface area (TPSA) is 99.6 Å². The summed E-state index contributed by atoms with van der Waals surface area (Å²) in [5.41, 5.74) is 0.0189. The van der Waals surface area contributed by atoms with Gasteiger partial charge in [-0.05, 0) is 82.7 Å². The number of carbonyl (C=O) groups is 3. The van der Waals surface area contributed by atoms with Gasteiger partial charge < -0.3 is 24.4 Å². The van der Waals surface area contributed by atoms with Gasteiger partial charge >= 0.3 is 5.97 Å². The number of aliphatic hydroxyl groups excluding tert-OH is 1. The lowest BCUT2D eigenvalue weighted by Crippen LogP contribution is -2.44. The smallest absolute Gasteiger partial charge is 0.316 e. The molecule has 2 rings (SSSR count). The highest BCUT2D eigenvalue weighted by molar-refractivity contribution is 5.98. The van der Waals surface area contributed by atoms with Gasteiger partial charge in [0, 0.05) is 45.6 Å². The van der Waals surface area contributed by atoms with Crippen molar-refractivity contribution in [2.45, 2.75) is 139 Å². The predicted molar refractivity (Wildman–Crippen MR) is 193 cm³/mol. The Morgan fingerprint density at radius 3 is 2.28 bits per heavy atom. The minimum atomic E-state index is -0.650. The zero-order valence-corrected chi connectivity index (χ0v) is 32.6. The van der Waals surface area contributed by atoms with Crippen LogP contribution in [-0.4, -0.2) is 110 Å². The summed E-state index contributed by atoms with van der Waals surface area (Å²) < 4.78 is 10.6. The van der Waals surface area contributed by atoms with E-state index in [9.17, 15) is 14.4 Å². The van der Waals surface area contributed by atoms with Gasteiger partial charge in [0.2, 0.25) is 5.91 Å². The molecule has 0 spiro atoms. The average Bonchev–Trinajstić information content (AvgIpc) is 2.95. The molecule has 278 valence electrons. The van der Waals surface area contributed by atoms with E-state index in [2.05, 4.69) is 58.4 Å². The van der Waals surface area contributed by atoms with E-state index in [-0.39, 0.29) is 29.2 Å². The first kappa shape index (κ1) is 45.5. The first-order valence-electron chi connectivity index (χ1n) is 18.7. The summed E-state index contributed by atoms with van der Waals surface area (Å²) in [5, 5.41) is 9.03. The number of cyclic esters (lactones) is 1. The van der Waals surface area contributed by atoms with Crippen LogP contribution in [0.15, 0.2) is 0 Å². The Bertz CT molecular complexity index is 841. The number of carbonyl (C=O) groups excluding carboxylic acids is 3. The van der Waals surface area contributed by atoms with E-state index in [0.717, 1.165) is 58.2 Å². The first-order chi connectivity index (χ1) is 22.0. The van der Waals surface area contributed by atoms with E-state index < -0.39 is 12.2 Å². The van der Waals surface area contributed by atoms with Gasteiger partial charge in [-0.25, -0.2) is 0 Å². The third-order valence-corrected chi connectivity index (χ3v) is 8.80. The lowest BCUT2D eigenvalue weighted by atomic mass is 9.78. The number of ether oxygens (including phenoxy) is 2. The third kappa shape index (κ3) is 21.2. The lowest BCUT2D eigenvalue weighted by molar-refractivity contribution is -0.169. The number of esters is 1. The second-order valence-corrected chi connectivity index (χ2v) is 15.4. The van der Waals surface area contributed by atoms with Gasteiger partial charge in [0.05, 0.1) is 19.3 Å². The summed E-state index contributed by atoms with van der Waals surface area (Å²) >= 11 is 0. The maximum absolute atomic E-state index is 13.1. The average molecular weight is 670 g/mol. The SMILES string of the molecule is CC.CCCC1C(=O)CCC(C)(C)C[C@@H](C)CN(C)CCN(C(=O)CN(C)CC(C)C)CCCCOC1=O.C[C@H]1C[C@@H](C)O[C@@H](O)C1. The number of hydrogen-bond acceptors (Lipinski definition) is 8. The quantitative estimate of drug-likeness (QED) is 0.248. The van der Waals surface area contributed by atoms with Crippen molar-refractivity contribution >= 4 is 17.7 Å². The largest absolute Gasteiger partial charge is 0.465 e. The minimum absolute atomic E-state index is 0.0168. The van der Waals surface area contributed by atoms with Crippen molar-refractivity contribution < 1.29 is 29.0 Å².